The first-order valence-electron chi connectivity index (χ1n) is 5.58. The second-order valence-corrected chi connectivity index (χ2v) is 4.51. The first-order valence-corrected chi connectivity index (χ1v) is 5.58. The summed E-state index contributed by atoms with van der Waals surface area (Å²) in [6.07, 6.45) is 4.32. The molecule has 0 spiro atoms. The third-order valence-corrected chi connectivity index (χ3v) is 3.25. The highest BCUT2D eigenvalue weighted by molar-refractivity contribution is 5.83. The SMILES string of the molecule is CC(C(=O)O)(c1cncc(F)c1)N(C=O)C1CC1. The number of aliphatic carboxylic acids is 1. The smallest absolute Gasteiger partial charge is 0.334 e. The van der Waals surface area contributed by atoms with Crippen molar-refractivity contribution >= 4 is 12.4 Å². The van der Waals surface area contributed by atoms with Crippen LogP contribution in [0.1, 0.15) is 25.3 Å². The van der Waals surface area contributed by atoms with Gasteiger partial charge in [-0.05, 0) is 25.8 Å². The number of halogens is 1. The fraction of sp³-hybridized carbons (Fsp3) is 0.417. The van der Waals surface area contributed by atoms with E-state index in [1.807, 2.05) is 0 Å². The lowest BCUT2D eigenvalue weighted by Crippen LogP contribution is -2.50. The van der Waals surface area contributed by atoms with E-state index in [2.05, 4.69) is 4.98 Å². The summed E-state index contributed by atoms with van der Waals surface area (Å²) in [4.78, 5) is 27.5. The van der Waals surface area contributed by atoms with Crippen LogP contribution < -0.4 is 0 Å². The Hall–Kier alpha value is -1.98. The Balaban J connectivity index is 2.49. The molecular formula is C12H13FN2O3. The minimum absolute atomic E-state index is 0.0909. The Morgan fingerprint density at radius 3 is 2.72 bits per heavy atom. The molecule has 0 aromatic carbocycles. The number of hydrogen-bond donors (Lipinski definition) is 1. The molecule has 0 aliphatic heterocycles. The second kappa shape index (κ2) is 4.36. The van der Waals surface area contributed by atoms with Crippen molar-refractivity contribution in [3.63, 3.8) is 0 Å². The minimum Gasteiger partial charge on any atom is -0.479 e. The monoisotopic (exact) mass is 252 g/mol. The minimum atomic E-state index is -1.59. The van der Waals surface area contributed by atoms with Crippen LogP contribution in [0.3, 0.4) is 0 Å². The van der Waals surface area contributed by atoms with E-state index in [9.17, 15) is 19.1 Å². The number of pyridine rings is 1. The Morgan fingerprint density at radius 2 is 2.28 bits per heavy atom. The van der Waals surface area contributed by atoms with Crippen molar-refractivity contribution in [2.75, 3.05) is 0 Å². The van der Waals surface area contributed by atoms with Crippen LogP contribution in [-0.4, -0.2) is 33.4 Å². The van der Waals surface area contributed by atoms with E-state index in [0.29, 0.717) is 6.41 Å². The first kappa shape index (κ1) is 12.5. The van der Waals surface area contributed by atoms with Gasteiger partial charge >= 0.3 is 5.97 Å². The van der Waals surface area contributed by atoms with Gasteiger partial charge in [0, 0.05) is 17.8 Å². The van der Waals surface area contributed by atoms with Gasteiger partial charge in [-0.3, -0.25) is 9.78 Å². The van der Waals surface area contributed by atoms with Crippen molar-refractivity contribution < 1.29 is 19.1 Å². The van der Waals surface area contributed by atoms with Gasteiger partial charge < -0.3 is 10.0 Å². The number of amides is 1. The molecule has 2 rings (SSSR count). The molecule has 1 unspecified atom stereocenters. The number of carboxylic acid groups (broad SMARTS) is 1. The van der Waals surface area contributed by atoms with E-state index in [-0.39, 0.29) is 11.6 Å². The van der Waals surface area contributed by atoms with Gasteiger partial charge in [0.2, 0.25) is 6.41 Å². The molecule has 1 N–H and O–H groups in total. The van der Waals surface area contributed by atoms with E-state index >= 15 is 0 Å². The third-order valence-electron chi connectivity index (χ3n) is 3.25. The molecule has 1 aromatic heterocycles. The molecule has 0 radical (unpaired) electrons. The Kier molecular flexibility index (Phi) is 3.02. The van der Waals surface area contributed by atoms with Crippen LogP contribution in [0.15, 0.2) is 18.5 Å². The van der Waals surface area contributed by atoms with Gasteiger partial charge in [-0.25, -0.2) is 9.18 Å². The van der Waals surface area contributed by atoms with E-state index in [0.717, 1.165) is 25.1 Å². The van der Waals surface area contributed by atoms with E-state index < -0.39 is 17.3 Å². The molecule has 96 valence electrons. The lowest BCUT2D eigenvalue weighted by atomic mass is 9.91. The van der Waals surface area contributed by atoms with Crippen molar-refractivity contribution in [2.24, 2.45) is 0 Å². The van der Waals surface area contributed by atoms with Gasteiger partial charge in [0.1, 0.15) is 5.82 Å². The normalized spacial score (nSPS) is 17.9. The molecule has 0 saturated heterocycles. The summed E-state index contributed by atoms with van der Waals surface area (Å²) in [5.74, 6) is -1.82. The lowest BCUT2D eigenvalue weighted by molar-refractivity contribution is -0.155. The predicted octanol–water partition coefficient (Wildman–Crippen LogP) is 1.14. The summed E-state index contributed by atoms with van der Waals surface area (Å²) in [7, 11) is 0. The highest BCUT2D eigenvalue weighted by atomic mass is 19.1. The average molecular weight is 252 g/mol. The van der Waals surface area contributed by atoms with Gasteiger partial charge in [0.05, 0.1) is 6.20 Å². The van der Waals surface area contributed by atoms with Crippen molar-refractivity contribution in [3.05, 3.63) is 29.8 Å². The fourth-order valence-corrected chi connectivity index (χ4v) is 1.97. The number of rotatable bonds is 5. The summed E-state index contributed by atoms with van der Waals surface area (Å²) in [5.41, 5.74) is -1.42. The fourth-order valence-electron chi connectivity index (χ4n) is 1.97. The summed E-state index contributed by atoms with van der Waals surface area (Å²) < 4.78 is 13.2. The maximum absolute atomic E-state index is 13.2. The molecule has 5 nitrogen and oxygen atoms in total. The van der Waals surface area contributed by atoms with Gasteiger partial charge in [-0.2, -0.15) is 0 Å². The molecular weight excluding hydrogens is 239 g/mol. The maximum atomic E-state index is 13.2. The van der Waals surface area contributed by atoms with Gasteiger partial charge in [0.25, 0.3) is 0 Å². The van der Waals surface area contributed by atoms with Crippen molar-refractivity contribution in [1.29, 1.82) is 0 Å². The molecule has 1 saturated carbocycles. The van der Waals surface area contributed by atoms with E-state index in [4.69, 9.17) is 0 Å². The third kappa shape index (κ3) is 1.94. The molecule has 1 heterocycles. The quantitative estimate of drug-likeness (QED) is 0.798. The lowest BCUT2D eigenvalue weighted by Gasteiger charge is -2.35. The zero-order valence-corrected chi connectivity index (χ0v) is 9.84. The average Bonchev–Trinajstić information content (AvgIpc) is 3.13. The molecule has 1 amide bonds. The summed E-state index contributed by atoms with van der Waals surface area (Å²) in [5, 5.41) is 9.40. The van der Waals surface area contributed by atoms with Crippen LogP contribution in [-0.2, 0) is 15.1 Å². The zero-order chi connectivity index (χ0) is 13.3. The van der Waals surface area contributed by atoms with Gasteiger partial charge in [0.15, 0.2) is 5.54 Å². The molecule has 0 bridgehead atoms. The van der Waals surface area contributed by atoms with Crippen molar-refractivity contribution in [1.82, 2.24) is 9.88 Å². The molecule has 18 heavy (non-hydrogen) atoms. The summed E-state index contributed by atoms with van der Waals surface area (Å²) >= 11 is 0. The molecule has 1 aromatic rings. The Labute approximate surface area is 103 Å². The molecule has 1 atom stereocenters. The van der Waals surface area contributed by atoms with Gasteiger partial charge in [-0.1, -0.05) is 0 Å². The number of aromatic nitrogens is 1. The molecule has 6 heteroatoms. The second-order valence-electron chi connectivity index (χ2n) is 4.51. The maximum Gasteiger partial charge on any atom is 0.334 e. The largest absolute Gasteiger partial charge is 0.479 e. The van der Waals surface area contributed by atoms with Crippen molar-refractivity contribution in [2.45, 2.75) is 31.3 Å². The summed E-state index contributed by atoms with van der Waals surface area (Å²) in [6, 6.07) is 1.01. The number of nitrogens with zero attached hydrogens (tertiary/aromatic N) is 2. The Morgan fingerprint density at radius 1 is 1.61 bits per heavy atom. The molecule has 1 fully saturated rings. The molecule has 1 aliphatic carbocycles. The van der Waals surface area contributed by atoms with Crippen LogP contribution >= 0.6 is 0 Å². The standard InChI is InChI=1S/C12H13FN2O3/c1-12(11(17)18,15(7-16)10-2-3-10)8-4-9(13)6-14-5-8/h4-7,10H,2-3H2,1H3,(H,17,18). The van der Waals surface area contributed by atoms with Gasteiger partial charge in [-0.15, -0.1) is 0 Å². The predicted molar refractivity (Wildman–Crippen MR) is 60.1 cm³/mol. The number of carboxylic acids is 1. The summed E-state index contributed by atoms with van der Waals surface area (Å²) in [6.45, 7) is 1.39. The van der Waals surface area contributed by atoms with E-state index in [1.54, 1.807) is 0 Å². The number of carbonyl (C=O) groups excluding carboxylic acids is 1. The van der Waals surface area contributed by atoms with Crippen molar-refractivity contribution in [3.8, 4) is 0 Å². The highest BCUT2D eigenvalue weighted by Gasteiger charge is 2.47. The number of carbonyl (C=O) groups is 2. The highest BCUT2D eigenvalue weighted by Crippen LogP contribution is 2.37. The molecule has 1 aliphatic rings. The first-order chi connectivity index (χ1) is 8.50. The van der Waals surface area contributed by atoms with Crippen LogP contribution in [0.2, 0.25) is 0 Å². The zero-order valence-electron chi connectivity index (χ0n) is 9.84. The topological polar surface area (TPSA) is 70.5 Å². The van der Waals surface area contributed by atoms with Crippen LogP contribution in [0.25, 0.3) is 0 Å². The van der Waals surface area contributed by atoms with Crippen LogP contribution in [0.4, 0.5) is 4.39 Å². The van der Waals surface area contributed by atoms with Crippen LogP contribution in [0.5, 0.6) is 0 Å². The Bertz CT molecular complexity index is 490. The van der Waals surface area contributed by atoms with Crippen LogP contribution in [0, 0.1) is 5.82 Å². The number of hydrogen-bond acceptors (Lipinski definition) is 3. The van der Waals surface area contributed by atoms with E-state index in [1.165, 1.54) is 18.0 Å².